The summed E-state index contributed by atoms with van der Waals surface area (Å²) in [6.45, 7) is 2.02. The Bertz CT molecular complexity index is 617. The number of ether oxygens (including phenoxy) is 1. The Kier molecular flexibility index (Phi) is 5.79. The molecule has 7 nitrogen and oxygen atoms in total. The molecule has 2 aromatic rings. The fraction of sp³-hybridized carbons (Fsp3) is 0.471. The molecule has 1 fully saturated rings. The van der Waals surface area contributed by atoms with Gasteiger partial charge in [0, 0.05) is 31.9 Å². The van der Waals surface area contributed by atoms with Crippen LogP contribution < -0.4 is 10.6 Å². The average molecular weight is 329 g/mol. The molecule has 0 aliphatic carbocycles. The van der Waals surface area contributed by atoms with E-state index < -0.39 is 0 Å². The molecule has 1 aliphatic heterocycles. The van der Waals surface area contributed by atoms with Crippen LogP contribution in [0, 0.1) is 0 Å². The Morgan fingerprint density at radius 1 is 1.33 bits per heavy atom. The summed E-state index contributed by atoms with van der Waals surface area (Å²) in [5, 5.41) is 13.6. The van der Waals surface area contributed by atoms with E-state index in [1.54, 1.807) is 10.9 Å². The molecule has 1 aliphatic rings. The van der Waals surface area contributed by atoms with Gasteiger partial charge < -0.3 is 15.4 Å². The van der Waals surface area contributed by atoms with Crippen LogP contribution in [0.2, 0.25) is 0 Å². The first-order valence-electron chi connectivity index (χ1n) is 8.36. The fourth-order valence-corrected chi connectivity index (χ4v) is 2.86. The van der Waals surface area contributed by atoms with Gasteiger partial charge in [0.1, 0.15) is 0 Å². The maximum Gasteiger partial charge on any atom is 0.315 e. The van der Waals surface area contributed by atoms with Crippen molar-refractivity contribution in [1.82, 2.24) is 25.6 Å². The summed E-state index contributed by atoms with van der Waals surface area (Å²) in [5.41, 5.74) is 1.16. The summed E-state index contributed by atoms with van der Waals surface area (Å²) in [6.07, 6.45) is 5.97. The van der Waals surface area contributed by atoms with Crippen LogP contribution in [-0.4, -0.2) is 40.2 Å². The lowest BCUT2D eigenvalue weighted by atomic mass is 9.97. The second-order valence-electron chi connectivity index (χ2n) is 5.91. The number of amides is 2. The number of rotatable bonds is 6. The van der Waals surface area contributed by atoms with Gasteiger partial charge in [0.25, 0.3) is 0 Å². The van der Waals surface area contributed by atoms with E-state index in [0.717, 1.165) is 31.4 Å². The minimum Gasteiger partial charge on any atom is -0.373 e. The number of nitrogens with zero attached hydrogens (tertiary/aromatic N) is 3. The second-order valence-corrected chi connectivity index (χ2v) is 5.91. The van der Waals surface area contributed by atoms with Crippen molar-refractivity contribution >= 4 is 6.03 Å². The van der Waals surface area contributed by atoms with Crippen LogP contribution >= 0.6 is 0 Å². The minimum absolute atomic E-state index is 0.0533. The summed E-state index contributed by atoms with van der Waals surface area (Å²) in [6, 6.07) is 10.2. The van der Waals surface area contributed by atoms with Gasteiger partial charge in [-0.3, -0.25) is 4.68 Å². The summed E-state index contributed by atoms with van der Waals surface area (Å²) in [5.74, 6) is 0. The van der Waals surface area contributed by atoms with Crippen LogP contribution in [0.15, 0.2) is 42.7 Å². The number of carbonyl (C=O) groups excluding carboxylic acids is 1. The number of carbonyl (C=O) groups is 1. The highest BCUT2D eigenvalue weighted by molar-refractivity contribution is 5.74. The monoisotopic (exact) mass is 329 g/mol. The number of aryl methyl sites for hydroxylation is 1. The zero-order valence-electron chi connectivity index (χ0n) is 13.6. The largest absolute Gasteiger partial charge is 0.373 e. The SMILES string of the molecule is O=C(NCCCn1ccnn1)N[C@@H]1CCO[C@H](c2ccccc2)C1. The van der Waals surface area contributed by atoms with Crippen molar-refractivity contribution in [3.8, 4) is 0 Å². The van der Waals surface area contributed by atoms with Gasteiger partial charge in [0.05, 0.1) is 12.3 Å². The number of benzene rings is 1. The standard InChI is InChI=1S/C17H23N5O2/c23-17(18-8-4-10-22-11-9-19-21-22)20-15-7-12-24-16(13-15)14-5-2-1-3-6-14/h1-3,5-6,9,11,15-16H,4,7-8,10,12-13H2,(H2,18,20,23)/t15-,16+/m1/s1. The summed E-state index contributed by atoms with van der Waals surface area (Å²) >= 11 is 0. The molecule has 0 radical (unpaired) electrons. The molecular formula is C17H23N5O2. The predicted octanol–water partition coefficient (Wildman–Crippen LogP) is 1.89. The first kappa shape index (κ1) is 16.4. The van der Waals surface area contributed by atoms with E-state index >= 15 is 0 Å². The molecule has 128 valence electrons. The molecule has 2 N–H and O–H groups in total. The molecule has 0 saturated carbocycles. The minimum atomic E-state index is -0.118. The van der Waals surface area contributed by atoms with Gasteiger partial charge in [-0.1, -0.05) is 35.5 Å². The molecular weight excluding hydrogens is 306 g/mol. The van der Waals surface area contributed by atoms with Crippen LogP contribution in [0.5, 0.6) is 0 Å². The lowest BCUT2D eigenvalue weighted by Crippen LogP contribution is -2.45. The van der Waals surface area contributed by atoms with Crippen molar-refractivity contribution in [3.05, 3.63) is 48.3 Å². The first-order valence-corrected chi connectivity index (χ1v) is 8.36. The van der Waals surface area contributed by atoms with E-state index in [-0.39, 0.29) is 18.2 Å². The topological polar surface area (TPSA) is 81.1 Å². The zero-order chi connectivity index (χ0) is 16.6. The van der Waals surface area contributed by atoms with Crippen LogP contribution in [-0.2, 0) is 11.3 Å². The number of aromatic nitrogens is 3. The zero-order valence-corrected chi connectivity index (χ0v) is 13.6. The molecule has 1 aromatic heterocycles. The Hall–Kier alpha value is -2.41. The van der Waals surface area contributed by atoms with Crippen molar-refractivity contribution in [2.75, 3.05) is 13.2 Å². The van der Waals surface area contributed by atoms with Gasteiger partial charge in [-0.15, -0.1) is 5.10 Å². The van der Waals surface area contributed by atoms with Crippen LogP contribution in [0.3, 0.4) is 0 Å². The highest BCUT2D eigenvalue weighted by Gasteiger charge is 2.24. The van der Waals surface area contributed by atoms with E-state index in [1.807, 2.05) is 24.4 Å². The smallest absolute Gasteiger partial charge is 0.315 e. The summed E-state index contributed by atoms with van der Waals surface area (Å²) in [4.78, 5) is 12.0. The van der Waals surface area contributed by atoms with Gasteiger partial charge in [-0.2, -0.15) is 0 Å². The number of hydrogen-bond acceptors (Lipinski definition) is 4. The maximum atomic E-state index is 12.0. The molecule has 3 rings (SSSR count). The van der Waals surface area contributed by atoms with Gasteiger partial charge in [0.15, 0.2) is 0 Å². The van der Waals surface area contributed by atoms with Crippen LogP contribution in [0.4, 0.5) is 4.79 Å². The maximum absolute atomic E-state index is 12.0. The molecule has 24 heavy (non-hydrogen) atoms. The molecule has 0 bridgehead atoms. The van der Waals surface area contributed by atoms with Crippen molar-refractivity contribution in [3.63, 3.8) is 0 Å². The highest BCUT2D eigenvalue weighted by atomic mass is 16.5. The quantitative estimate of drug-likeness (QED) is 0.793. The third-order valence-electron chi connectivity index (χ3n) is 4.11. The lowest BCUT2D eigenvalue weighted by Gasteiger charge is -2.30. The van der Waals surface area contributed by atoms with E-state index in [4.69, 9.17) is 4.74 Å². The van der Waals surface area contributed by atoms with E-state index in [2.05, 4.69) is 33.1 Å². The first-order chi connectivity index (χ1) is 11.8. The van der Waals surface area contributed by atoms with Gasteiger partial charge in [-0.25, -0.2) is 4.79 Å². The van der Waals surface area contributed by atoms with E-state index in [0.29, 0.717) is 13.2 Å². The Morgan fingerprint density at radius 3 is 3.00 bits per heavy atom. The summed E-state index contributed by atoms with van der Waals surface area (Å²) in [7, 11) is 0. The Morgan fingerprint density at radius 2 is 2.21 bits per heavy atom. The number of urea groups is 1. The van der Waals surface area contributed by atoms with E-state index in [1.165, 1.54) is 0 Å². The predicted molar refractivity (Wildman–Crippen MR) is 89.3 cm³/mol. The van der Waals surface area contributed by atoms with Gasteiger partial charge in [-0.05, 0) is 24.8 Å². The number of hydrogen-bond donors (Lipinski definition) is 2. The van der Waals surface area contributed by atoms with Crippen molar-refractivity contribution in [1.29, 1.82) is 0 Å². The van der Waals surface area contributed by atoms with Crippen LogP contribution in [0.25, 0.3) is 0 Å². The fourth-order valence-electron chi connectivity index (χ4n) is 2.86. The molecule has 0 spiro atoms. The highest BCUT2D eigenvalue weighted by Crippen LogP contribution is 2.27. The molecule has 1 aromatic carbocycles. The molecule has 1 saturated heterocycles. The Balaban J connectivity index is 1.38. The van der Waals surface area contributed by atoms with Crippen LogP contribution in [0.1, 0.15) is 30.9 Å². The van der Waals surface area contributed by atoms with Crippen molar-refractivity contribution in [2.24, 2.45) is 0 Å². The van der Waals surface area contributed by atoms with Crippen molar-refractivity contribution in [2.45, 2.75) is 38.0 Å². The molecule has 7 heteroatoms. The molecule has 2 amide bonds. The molecule has 0 unspecified atom stereocenters. The normalized spacial score (nSPS) is 20.5. The third-order valence-corrected chi connectivity index (χ3v) is 4.11. The van der Waals surface area contributed by atoms with Gasteiger partial charge >= 0.3 is 6.03 Å². The average Bonchev–Trinajstić information content (AvgIpc) is 3.13. The van der Waals surface area contributed by atoms with Gasteiger partial charge in [0.2, 0.25) is 0 Å². The van der Waals surface area contributed by atoms with Crippen molar-refractivity contribution < 1.29 is 9.53 Å². The second kappa shape index (κ2) is 8.44. The molecule has 2 atom stereocenters. The Labute approximate surface area is 141 Å². The number of nitrogens with one attached hydrogen (secondary N) is 2. The lowest BCUT2D eigenvalue weighted by molar-refractivity contribution is 0.00226. The summed E-state index contributed by atoms with van der Waals surface area (Å²) < 4.78 is 7.58. The molecule has 2 heterocycles. The third kappa shape index (κ3) is 4.79. The van der Waals surface area contributed by atoms with E-state index in [9.17, 15) is 4.79 Å².